The SMILES string of the molecule is CCCCCCOc1ccc(/C=C/C(=O)N(c2ccc(OCC)cc2)S(=O)(=O)c2ccc(Cl)cc2)cc1OC. The fraction of sp³-hybridized carbons (Fsp3) is 0.300. The fourth-order valence-electron chi connectivity index (χ4n) is 3.79. The van der Waals surface area contributed by atoms with E-state index in [4.69, 9.17) is 25.8 Å². The first-order valence-electron chi connectivity index (χ1n) is 12.9. The summed E-state index contributed by atoms with van der Waals surface area (Å²) < 4.78 is 44.7. The summed E-state index contributed by atoms with van der Waals surface area (Å²) >= 11 is 5.95. The van der Waals surface area contributed by atoms with Crippen molar-refractivity contribution in [2.75, 3.05) is 24.6 Å². The van der Waals surface area contributed by atoms with E-state index in [0.717, 1.165) is 23.6 Å². The van der Waals surface area contributed by atoms with E-state index in [0.29, 0.717) is 41.0 Å². The molecular weight excluding hydrogens is 538 g/mol. The zero-order valence-corrected chi connectivity index (χ0v) is 24.0. The predicted octanol–water partition coefficient (Wildman–Crippen LogP) is 7.14. The van der Waals surface area contributed by atoms with Gasteiger partial charge in [0.15, 0.2) is 11.5 Å². The molecule has 7 nitrogen and oxygen atoms in total. The van der Waals surface area contributed by atoms with Crippen molar-refractivity contribution in [1.29, 1.82) is 0 Å². The minimum atomic E-state index is -4.25. The van der Waals surface area contributed by atoms with Crippen LogP contribution in [0.5, 0.6) is 17.2 Å². The van der Waals surface area contributed by atoms with Crippen LogP contribution in [-0.4, -0.2) is 34.6 Å². The van der Waals surface area contributed by atoms with Crippen molar-refractivity contribution in [2.45, 2.75) is 44.4 Å². The second-order valence-electron chi connectivity index (χ2n) is 8.64. The monoisotopic (exact) mass is 571 g/mol. The summed E-state index contributed by atoms with van der Waals surface area (Å²) in [5, 5.41) is 0.384. The van der Waals surface area contributed by atoms with E-state index in [1.165, 1.54) is 55.0 Å². The van der Waals surface area contributed by atoms with Gasteiger partial charge in [0.25, 0.3) is 15.9 Å². The average molecular weight is 572 g/mol. The van der Waals surface area contributed by atoms with Crippen LogP contribution in [0.1, 0.15) is 45.1 Å². The molecule has 3 aromatic rings. The van der Waals surface area contributed by atoms with Gasteiger partial charge < -0.3 is 14.2 Å². The van der Waals surface area contributed by atoms with Gasteiger partial charge in [-0.3, -0.25) is 4.79 Å². The number of anilines is 1. The second-order valence-corrected chi connectivity index (χ2v) is 10.9. The number of carbonyl (C=O) groups is 1. The fourth-order valence-corrected chi connectivity index (χ4v) is 5.31. The molecule has 0 N–H and O–H groups in total. The smallest absolute Gasteiger partial charge is 0.271 e. The molecule has 3 rings (SSSR count). The number of amides is 1. The van der Waals surface area contributed by atoms with Crippen molar-refractivity contribution >= 4 is 39.3 Å². The quantitative estimate of drug-likeness (QED) is 0.151. The van der Waals surface area contributed by atoms with Gasteiger partial charge in [0.2, 0.25) is 0 Å². The molecule has 0 aliphatic carbocycles. The van der Waals surface area contributed by atoms with Crippen molar-refractivity contribution in [2.24, 2.45) is 0 Å². The van der Waals surface area contributed by atoms with Gasteiger partial charge >= 0.3 is 0 Å². The number of carbonyl (C=O) groups excluding carboxylic acids is 1. The van der Waals surface area contributed by atoms with E-state index >= 15 is 0 Å². The number of sulfonamides is 1. The average Bonchev–Trinajstić information content (AvgIpc) is 2.93. The predicted molar refractivity (Wildman–Crippen MR) is 155 cm³/mol. The van der Waals surface area contributed by atoms with Gasteiger partial charge in [0.1, 0.15) is 5.75 Å². The molecule has 0 aromatic heterocycles. The van der Waals surface area contributed by atoms with Crippen LogP contribution in [-0.2, 0) is 14.8 Å². The molecule has 9 heteroatoms. The van der Waals surface area contributed by atoms with Gasteiger partial charge in [0, 0.05) is 11.1 Å². The minimum Gasteiger partial charge on any atom is -0.494 e. The van der Waals surface area contributed by atoms with E-state index < -0.39 is 15.9 Å². The highest BCUT2D eigenvalue weighted by Crippen LogP contribution is 2.30. The van der Waals surface area contributed by atoms with Crippen LogP contribution >= 0.6 is 11.6 Å². The molecule has 0 heterocycles. The van der Waals surface area contributed by atoms with Crippen LogP contribution < -0.4 is 18.5 Å². The molecule has 1 amide bonds. The third-order valence-corrected chi connectivity index (χ3v) is 7.79. The third kappa shape index (κ3) is 8.25. The number of ether oxygens (including phenoxy) is 3. The molecule has 0 bridgehead atoms. The Kier molecular flexibility index (Phi) is 11.3. The second kappa shape index (κ2) is 14.6. The van der Waals surface area contributed by atoms with Crippen molar-refractivity contribution in [3.05, 3.63) is 83.4 Å². The molecular formula is C30H34ClNO6S. The molecule has 0 fully saturated rings. The largest absolute Gasteiger partial charge is 0.494 e. The molecule has 0 radical (unpaired) electrons. The summed E-state index contributed by atoms with van der Waals surface area (Å²) in [6.07, 6.45) is 7.13. The Morgan fingerprint density at radius 2 is 1.62 bits per heavy atom. The van der Waals surface area contributed by atoms with Crippen molar-refractivity contribution in [1.82, 2.24) is 0 Å². The van der Waals surface area contributed by atoms with Gasteiger partial charge in [-0.1, -0.05) is 43.9 Å². The Morgan fingerprint density at radius 3 is 2.26 bits per heavy atom. The highest BCUT2D eigenvalue weighted by Gasteiger charge is 2.30. The molecule has 0 spiro atoms. The lowest BCUT2D eigenvalue weighted by atomic mass is 10.2. The summed E-state index contributed by atoms with van der Waals surface area (Å²) in [7, 11) is -2.70. The summed E-state index contributed by atoms with van der Waals surface area (Å²) in [5.74, 6) is 0.952. The van der Waals surface area contributed by atoms with Gasteiger partial charge in [-0.25, -0.2) is 8.42 Å². The molecule has 208 valence electrons. The Labute approximate surface area is 236 Å². The molecule has 0 unspecified atom stereocenters. The molecule has 0 aliphatic rings. The Morgan fingerprint density at radius 1 is 0.897 bits per heavy atom. The maximum atomic E-state index is 13.6. The number of rotatable bonds is 14. The lowest BCUT2D eigenvalue weighted by Gasteiger charge is -2.22. The third-order valence-electron chi connectivity index (χ3n) is 5.80. The summed E-state index contributed by atoms with van der Waals surface area (Å²) in [5.41, 5.74) is 0.821. The summed E-state index contributed by atoms with van der Waals surface area (Å²) in [6, 6.07) is 17.2. The highest BCUT2D eigenvalue weighted by atomic mass is 35.5. The van der Waals surface area contributed by atoms with Gasteiger partial charge in [-0.15, -0.1) is 0 Å². The minimum absolute atomic E-state index is 0.0651. The van der Waals surface area contributed by atoms with Crippen LogP contribution in [0.3, 0.4) is 0 Å². The zero-order valence-electron chi connectivity index (χ0n) is 22.4. The zero-order chi connectivity index (χ0) is 28.3. The Bertz CT molecular complexity index is 1360. The number of nitrogens with zero attached hydrogens (tertiary/aromatic N) is 1. The summed E-state index contributed by atoms with van der Waals surface area (Å²) in [6.45, 7) is 5.05. The normalized spacial score (nSPS) is 11.4. The number of unbranched alkanes of at least 4 members (excludes halogenated alkanes) is 3. The number of halogens is 1. The number of hydrogen-bond acceptors (Lipinski definition) is 6. The standard InChI is InChI=1S/C30H34ClNO6S/c1-4-6-7-8-21-38-28-19-9-23(22-29(28)36-3)10-20-30(33)32(25-13-15-26(16-14-25)37-5-2)39(34,35)27-17-11-24(31)12-18-27/h9-20,22H,4-8,21H2,1-3H3/b20-10+. The van der Waals surface area contributed by atoms with Gasteiger partial charge in [-0.2, -0.15) is 4.31 Å². The van der Waals surface area contributed by atoms with Gasteiger partial charge in [0.05, 0.1) is 30.9 Å². The highest BCUT2D eigenvalue weighted by molar-refractivity contribution is 7.93. The maximum Gasteiger partial charge on any atom is 0.271 e. The van der Waals surface area contributed by atoms with E-state index in [-0.39, 0.29) is 10.6 Å². The molecule has 0 aliphatic heterocycles. The topological polar surface area (TPSA) is 82.1 Å². The lowest BCUT2D eigenvalue weighted by molar-refractivity contribution is -0.113. The first kappa shape index (κ1) is 30.1. The van der Waals surface area contributed by atoms with E-state index in [2.05, 4.69) is 6.92 Å². The Balaban J connectivity index is 1.88. The van der Waals surface area contributed by atoms with Crippen LogP contribution in [0.4, 0.5) is 5.69 Å². The van der Waals surface area contributed by atoms with E-state index in [1.807, 2.05) is 6.92 Å². The number of methoxy groups -OCH3 is 1. The van der Waals surface area contributed by atoms with Crippen molar-refractivity contribution < 1.29 is 27.4 Å². The first-order chi connectivity index (χ1) is 18.8. The molecule has 0 saturated heterocycles. The van der Waals surface area contributed by atoms with E-state index in [1.54, 1.807) is 37.4 Å². The van der Waals surface area contributed by atoms with Crippen LogP contribution in [0.25, 0.3) is 6.08 Å². The summed E-state index contributed by atoms with van der Waals surface area (Å²) in [4.78, 5) is 13.3. The Hall–Kier alpha value is -3.49. The van der Waals surface area contributed by atoms with Crippen LogP contribution in [0, 0.1) is 0 Å². The van der Waals surface area contributed by atoms with Crippen LogP contribution in [0.2, 0.25) is 5.02 Å². The molecule has 39 heavy (non-hydrogen) atoms. The molecule has 3 aromatic carbocycles. The van der Waals surface area contributed by atoms with Crippen molar-refractivity contribution in [3.63, 3.8) is 0 Å². The van der Waals surface area contributed by atoms with Crippen molar-refractivity contribution in [3.8, 4) is 17.2 Å². The first-order valence-corrected chi connectivity index (χ1v) is 14.7. The number of hydrogen-bond donors (Lipinski definition) is 0. The van der Waals surface area contributed by atoms with E-state index in [9.17, 15) is 13.2 Å². The lowest BCUT2D eigenvalue weighted by Crippen LogP contribution is -2.35. The number of benzene rings is 3. The van der Waals surface area contributed by atoms with Crippen LogP contribution in [0.15, 0.2) is 77.7 Å². The molecule has 0 atom stereocenters. The van der Waals surface area contributed by atoms with Gasteiger partial charge in [-0.05, 0) is 85.6 Å². The maximum absolute atomic E-state index is 13.6. The molecule has 0 saturated carbocycles.